The van der Waals surface area contributed by atoms with Gasteiger partial charge in [0, 0.05) is 6.54 Å². The normalized spacial score (nSPS) is 17.2. The minimum atomic E-state index is -4.04. The molecule has 0 spiro atoms. The number of hydrogen-bond acceptors (Lipinski definition) is 5. The fraction of sp³-hybridized carbons (Fsp3) is 0.350. The average Bonchev–Trinajstić information content (AvgIpc) is 2.74. The number of ether oxygens (including phenoxy) is 2. The summed E-state index contributed by atoms with van der Waals surface area (Å²) < 4.78 is 51.8. The molecule has 1 fully saturated rings. The summed E-state index contributed by atoms with van der Waals surface area (Å²) in [6.07, 6.45) is -0.259. The van der Waals surface area contributed by atoms with Crippen LogP contribution in [-0.4, -0.2) is 52.1 Å². The van der Waals surface area contributed by atoms with Gasteiger partial charge in [0.15, 0.2) is 11.6 Å². The first-order valence-electron chi connectivity index (χ1n) is 9.27. The number of benzene rings is 2. The number of carbonyl (C=O) groups excluding carboxylic acids is 1. The second kappa shape index (κ2) is 9.34. The molecule has 9 heteroatoms. The Bertz CT molecular complexity index is 953. The number of nitrogens with one attached hydrogen (secondary N) is 1. The summed E-state index contributed by atoms with van der Waals surface area (Å²) in [5, 5.41) is 0. The van der Waals surface area contributed by atoms with Gasteiger partial charge < -0.3 is 14.4 Å². The number of carbonyl (C=O) groups is 1. The Kier molecular flexibility index (Phi) is 6.83. The lowest BCUT2D eigenvalue weighted by Crippen LogP contribution is -2.46. The van der Waals surface area contributed by atoms with Crippen molar-refractivity contribution < 1.29 is 27.1 Å². The highest BCUT2D eigenvalue weighted by Gasteiger charge is 2.26. The van der Waals surface area contributed by atoms with Gasteiger partial charge in [0.25, 0.3) is 0 Å². The van der Waals surface area contributed by atoms with Gasteiger partial charge in [-0.25, -0.2) is 17.5 Å². The van der Waals surface area contributed by atoms with Crippen molar-refractivity contribution in [3.63, 3.8) is 0 Å². The van der Waals surface area contributed by atoms with Gasteiger partial charge in [0.1, 0.15) is 6.10 Å². The van der Waals surface area contributed by atoms with Crippen LogP contribution >= 0.6 is 0 Å². The van der Waals surface area contributed by atoms with Crippen LogP contribution in [0.15, 0.2) is 53.4 Å². The Labute approximate surface area is 169 Å². The highest BCUT2D eigenvalue weighted by Crippen LogP contribution is 2.23. The van der Waals surface area contributed by atoms with Crippen LogP contribution in [0, 0.1) is 5.82 Å². The van der Waals surface area contributed by atoms with Gasteiger partial charge in [0.05, 0.1) is 31.2 Å². The van der Waals surface area contributed by atoms with E-state index in [1.807, 2.05) is 30.3 Å². The molecule has 1 aliphatic heterocycles. The highest BCUT2D eigenvalue weighted by molar-refractivity contribution is 7.89. The lowest BCUT2D eigenvalue weighted by atomic mass is 10.1. The summed E-state index contributed by atoms with van der Waals surface area (Å²) in [6, 6.07) is 12.9. The van der Waals surface area contributed by atoms with Gasteiger partial charge in [0.2, 0.25) is 15.9 Å². The zero-order chi connectivity index (χ0) is 20.9. The fourth-order valence-electron chi connectivity index (χ4n) is 3.02. The highest BCUT2D eigenvalue weighted by atomic mass is 32.2. The van der Waals surface area contributed by atoms with E-state index < -0.39 is 22.4 Å². The Balaban J connectivity index is 1.61. The van der Waals surface area contributed by atoms with Crippen molar-refractivity contribution in [2.45, 2.75) is 17.9 Å². The van der Waals surface area contributed by atoms with Gasteiger partial charge in [-0.1, -0.05) is 30.3 Å². The molecule has 7 nitrogen and oxygen atoms in total. The van der Waals surface area contributed by atoms with E-state index in [0.717, 1.165) is 11.6 Å². The standard InChI is InChI=1S/C20H23FN2O5S/c1-2-27-18-9-8-16(12-17(18)21)29(25,26)22-13-20(24)23-10-11-28-19(14-23)15-6-4-3-5-7-15/h3-9,12,19,22H,2,10-11,13-14H2,1H3. The molecule has 0 bridgehead atoms. The van der Waals surface area contributed by atoms with Gasteiger partial charge >= 0.3 is 0 Å². The number of morpholine rings is 1. The molecule has 156 valence electrons. The summed E-state index contributed by atoms with van der Waals surface area (Å²) in [7, 11) is -4.04. The molecule has 1 heterocycles. The molecule has 0 aromatic heterocycles. The van der Waals surface area contributed by atoms with Crippen LogP contribution in [0.1, 0.15) is 18.6 Å². The summed E-state index contributed by atoms with van der Waals surface area (Å²) in [6.45, 7) is 2.62. The van der Waals surface area contributed by atoms with Crippen LogP contribution in [0.2, 0.25) is 0 Å². The van der Waals surface area contributed by atoms with E-state index in [9.17, 15) is 17.6 Å². The fourth-order valence-corrected chi connectivity index (χ4v) is 4.00. The molecule has 2 aromatic carbocycles. The van der Waals surface area contributed by atoms with Crippen molar-refractivity contribution in [2.75, 3.05) is 32.8 Å². The van der Waals surface area contributed by atoms with Crippen LogP contribution in [-0.2, 0) is 19.6 Å². The lowest BCUT2D eigenvalue weighted by molar-refractivity contribution is -0.137. The van der Waals surface area contributed by atoms with Crippen molar-refractivity contribution in [1.82, 2.24) is 9.62 Å². The first-order valence-corrected chi connectivity index (χ1v) is 10.8. The number of sulfonamides is 1. The Morgan fingerprint density at radius 2 is 2.03 bits per heavy atom. The first kappa shape index (κ1) is 21.2. The molecule has 29 heavy (non-hydrogen) atoms. The van der Waals surface area contributed by atoms with Crippen LogP contribution in [0.5, 0.6) is 5.75 Å². The topological polar surface area (TPSA) is 84.9 Å². The molecule has 2 aromatic rings. The van der Waals surface area contributed by atoms with E-state index in [2.05, 4.69) is 4.72 Å². The van der Waals surface area contributed by atoms with Crippen molar-refractivity contribution in [2.24, 2.45) is 0 Å². The van der Waals surface area contributed by atoms with Crippen molar-refractivity contribution in [1.29, 1.82) is 0 Å². The molecule has 1 saturated heterocycles. The molecule has 1 amide bonds. The number of nitrogens with zero attached hydrogens (tertiary/aromatic N) is 1. The predicted molar refractivity (Wildman–Crippen MR) is 104 cm³/mol. The van der Waals surface area contributed by atoms with Gasteiger partial charge in [-0.05, 0) is 30.7 Å². The molecule has 1 atom stereocenters. The molecule has 3 rings (SSSR count). The first-order chi connectivity index (χ1) is 13.9. The minimum absolute atomic E-state index is 0.0252. The second-order valence-electron chi connectivity index (χ2n) is 6.46. The minimum Gasteiger partial charge on any atom is -0.491 e. The van der Waals surface area contributed by atoms with Crippen molar-refractivity contribution >= 4 is 15.9 Å². The Morgan fingerprint density at radius 3 is 2.72 bits per heavy atom. The predicted octanol–water partition coefficient (Wildman–Crippen LogP) is 2.10. The van der Waals surface area contributed by atoms with Gasteiger partial charge in [-0.2, -0.15) is 0 Å². The van der Waals surface area contributed by atoms with Crippen molar-refractivity contribution in [3.05, 3.63) is 59.9 Å². The van der Waals surface area contributed by atoms with E-state index >= 15 is 0 Å². The third-order valence-corrected chi connectivity index (χ3v) is 5.92. The largest absolute Gasteiger partial charge is 0.491 e. The van der Waals surface area contributed by atoms with Gasteiger partial charge in [-0.3, -0.25) is 4.79 Å². The summed E-state index contributed by atoms with van der Waals surface area (Å²) in [5.74, 6) is -1.17. The number of hydrogen-bond donors (Lipinski definition) is 1. The summed E-state index contributed by atoms with van der Waals surface area (Å²) >= 11 is 0. The maximum atomic E-state index is 14.0. The number of amides is 1. The zero-order valence-corrected chi connectivity index (χ0v) is 16.8. The maximum absolute atomic E-state index is 14.0. The summed E-state index contributed by atoms with van der Waals surface area (Å²) in [4.78, 5) is 13.8. The monoisotopic (exact) mass is 422 g/mol. The second-order valence-corrected chi connectivity index (χ2v) is 8.23. The van der Waals surface area contributed by atoms with E-state index in [1.165, 1.54) is 12.1 Å². The van der Waals surface area contributed by atoms with Crippen molar-refractivity contribution in [3.8, 4) is 5.75 Å². The van der Waals surface area contributed by atoms with Gasteiger partial charge in [-0.15, -0.1) is 0 Å². The van der Waals surface area contributed by atoms with Crippen LogP contribution in [0.3, 0.4) is 0 Å². The van der Waals surface area contributed by atoms with E-state index in [4.69, 9.17) is 9.47 Å². The molecule has 1 N–H and O–H groups in total. The van der Waals surface area contributed by atoms with Crippen LogP contribution < -0.4 is 9.46 Å². The third kappa shape index (κ3) is 5.31. The molecule has 0 radical (unpaired) electrons. The molecule has 1 unspecified atom stereocenters. The third-order valence-electron chi connectivity index (χ3n) is 4.52. The SMILES string of the molecule is CCOc1ccc(S(=O)(=O)NCC(=O)N2CCOC(c3ccccc3)C2)cc1F. The average molecular weight is 422 g/mol. The molecule has 1 aliphatic rings. The number of rotatable bonds is 7. The van der Waals surface area contributed by atoms with Crippen LogP contribution in [0.4, 0.5) is 4.39 Å². The molecular formula is C20H23FN2O5S. The quantitative estimate of drug-likeness (QED) is 0.739. The smallest absolute Gasteiger partial charge is 0.241 e. The maximum Gasteiger partial charge on any atom is 0.241 e. The molecule has 0 saturated carbocycles. The number of halogens is 1. The summed E-state index contributed by atoms with van der Waals surface area (Å²) in [5.41, 5.74) is 0.954. The Morgan fingerprint density at radius 1 is 1.28 bits per heavy atom. The molecule has 0 aliphatic carbocycles. The van der Waals surface area contributed by atoms with Crippen LogP contribution in [0.25, 0.3) is 0 Å². The lowest BCUT2D eigenvalue weighted by Gasteiger charge is -2.33. The van der Waals surface area contributed by atoms with E-state index in [-0.39, 0.29) is 29.3 Å². The Hall–Kier alpha value is -2.49. The zero-order valence-electron chi connectivity index (χ0n) is 16.0. The van der Waals surface area contributed by atoms with E-state index in [0.29, 0.717) is 19.7 Å². The van der Waals surface area contributed by atoms with E-state index in [1.54, 1.807) is 11.8 Å². The molecular weight excluding hydrogens is 399 g/mol.